The van der Waals surface area contributed by atoms with E-state index in [1.54, 1.807) is 6.92 Å². The molecule has 5 nitrogen and oxygen atoms in total. The summed E-state index contributed by atoms with van der Waals surface area (Å²) in [7, 11) is 0. The topological polar surface area (TPSA) is 70.7 Å². The van der Waals surface area contributed by atoms with Crippen LogP contribution in [0, 0.1) is 13.8 Å². The van der Waals surface area contributed by atoms with Gasteiger partial charge in [0.15, 0.2) is 0 Å². The van der Waals surface area contributed by atoms with E-state index in [0.29, 0.717) is 11.5 Å². The number of aromatic nitrogens is 3. The second-order valence-electron chi connectivity index (χ2n) is 5.10. The monoisotopic (exact) mass is 292 g/mol. The molecule has 0 saturated carbocycles. The predicted molar refractivity (Wildman–Crippen MR) is 87.3 cm³/mol. The Morgan fingerprint density at radius 1 is 0.955 bits per heavy atom. The van der Waals surface area contributed by atoms with Crippen LogP contribution in [-0.4, -0.2) is 15.0 Å². The molecule has 22 heavy (non-hydrogen) atoms. The molecular formula is C17H16N4O. The van der Waals surface area contributed by atoms with Gasteiger partial charge in [0.2, 0.25) is 0 Å². The van der Waals surface area contributed by atoms with E-state index in [1.807, 2.05) is 49.4 Å². The molecule has 0 radical (unpaired) electrons. The summed E-state index contributed by atoms with van der Waals surface area (Å²) >= 11 is 0. The zero-order valence-corrected chi connectivity index (χ0v) is 12.4. The maximum atomic E-state index is 11.5. The van der Waals surface area contributed by atoms with E-state index in [1.165, 1.54) is 6.07 Å². The molecule has 2 aromatic heterocycles. The number of hydrogen-bond donors (Lipinski definition) is 2. The molecule has 0 fully saturated rings. The van der Waals surface area contributed by atoms with Crippen molar-refractivity contribution in [2.24, 2.45) is 0 Å². The number of benzene rings is 1. The van der Waals surface area contributed by atoms with Crippen LogP contribution in [0.3, 0.4) is 0 Å². The molecule has 0 amide bonds. The summed E-state index contributed by atoms with van der Waals surface area (Å²) in [6.45, 7) is 3.76. The molecule has 0 aliphatic carbocycles. The highest BCUT2D eigenvalue weighted by atomic mass is 16.1. The van der Waals surface area contributed by atoms with Gasteiger partial charge in [0.25, 0.3) is 5.56 Å². The highest BCUT2D eigenvalue weighted by molar-refractivity contribution is 5.63. The fourth-order valence-electron chi connectivity index (χ4n) is 2.19. The summed E-state index contributed by atoms with van der Waals surface area (Å²) in [4.78, 5) is 23.0. The Kier molecular flexibility index (Phi) is 3.70. The summed E-state index contributed by atoms with van der Waals surface area (Å²) in [6.07, 6.45) is 0. The van der Waals surface area contributed by atoms with Crippen LogP contribution < -0.4 is 10.9 Å². The fourth-order valence-corrected chi connectivity index (χ4v) is 2.19. The first-order chi connectivity index (χ1) is 10.6. The van der Waals surface area contributed by atoms with Crippen LogP contribution in [0.25, 0.3) is 11.4 Å². The van der Waals surface area contributed by atoms with Gasteiger partial charge >= 0.3 is 0 Å². The Morgan fingerprint density at radius 3 is 2.41 bits per heavy atom. The molecule has 0 spiro atoms. The van der Waals surface area contributed by atoms with Crippen molar-refractivity contribution in [2.75, 3.05) is 5.32 Å². The van der Waals surface area contributed by atoms with Crippen LogP contribution in [0.5, 0.6) is 0 Å². The van der Waals surface area contributed by atoms with Crippen molar-refractivity contribution in [2.45, 2.75) is 13.8 Å². The van der Waals surface area contributed by atoms with Gasteiger partial charge in [0.1, 0.15) is 11.6 Å². The van der Waals surface area contributed by atoms with Gasteiger partial charge in [-0.2, -0.15) is 0 Å². The molecule has 1 aromatic carbocycles. The van der Waals surface area contributed by atoms with Crippen molar-refractivity contribution in [3.05, 3.63) is 70.3 Å². The number of rotatable bonds is 3. The molecule has 0 bridgehead atoms. The molecule has 2 N–H and O–H groups in total. The van der Waals surface area contributed by atoms with Crippen LogP contribution in [0.2, 0.25) is 0 Å². The lowest BCUT2D eigenvalue weighted by Crippen LogP contribution is -2.08. The Labute approximate surface area is 128 Å². The Balaban J connectivity index is 1.85. The van der Waals surface area contributed by atoms with Crippen molar-refractivity contribution >= 4 is 11.5 Å². The van der Waals surface area contributed by atoms with E-state index in [2.05, 4.69) is 20.3 Å². The number of aryl methyl sites for hydroxylation is 2. The van der Waals surface area contributed by atoms with E-state index in [9.17, 15) is 4.79 Å². The minimum Gasteiger partial charge on any atom is -0.340 e. The fraction of sp³-hybridized carbons (Fsp3) is 0.118. The van der Waals surface area contributed by atoms with Gasteiger partial charge in [-0.25, -0.2) is 9.97 Å². The molecule has 2 heterocycles. The average Bonchev–Trinajstić information content (AvgIpc) is 2.47. The SMILES string of the molecule is Cc1cccc(Nc2ccc(-c3nc(C)cc(=O)[nH]3)cc2)n1. The predicted octanol–water partition coefficient (Wildman–Crippen LogP) is 3.19. The molecule has 0 aliphatic heterocycles. The minimum absolute atomic E-state index is 0.145. The van der Waals surface area contributed by atoms with E-state index >= 15 is 0 Å². The van der Waals surface area contributed by atoms with Gasteiger partial charge < -0.3 is 10.3 Å². The lowest BCUT2D eigenvalue weighted by Gasteiger charge is -2.07. The Bertz CT molecular complexity index is 853. The van der Waals surface area contributed by atoms with Crippen LogP contribution in [0.1, 0.15) is 11.4 Å². The summed E-state index contributed by atoms with van der Waals surface area (Å²) in [5, 5.41) is 3.24. The smallest absolute Gasteiger partial charge is 0.251 e. The third kappa shape index (κ3) is 3.20. The molecule has 110 valence electrons. The molecule has 3 aromatic rings. The number of nitrogens with one attached hydrogen (secondary N) is 2. The number of aromatic amines is 1. The molecule has 0 saturated heterocycles. The second-order valence-corrected chi connectivity index (χ2v) is 5.10. The first-order valence-corrected chi connectivity index (χ1v) is 6.99. The lowest BCUT2D eigenvalue weighted by atomic mass is 10.2. The molecule has 0 unspecified atom stereocenters. The van der Waals surface area contributed by atoms with Gasteiger partial charge in [0, 0.05) is 28.7 Å². The molecule has 3 rings (SSSR count). The number of pyridine rings is 1. The molecular weight excluding hydrogens is 276 g/mol. The average molecular weight is 292 g/mol. The third-order valence-electron chi connectivity index (χ3n) is 3.19. The Morgan fingerprint density at radius 2 is 1.73 bits per heavy atom. The quantitative estimate of drug-likeness (QED) is 0.777. The van der Waals surface area contributed by atoms with Crippen molar-refractivity contribution in [1.82, 2.24) is 15.0 Å². The number of anilines is 2. The summed E-state index contributed by atoms with van der Waals surface area (Å²) < 4.78 is 0. The van der Waals surface area contributed by atoms with Crippen molar-refractivity contribution < 1.29 is 0 Å². The zero-order valence-electron chi connectivity index (χ0n) is 12.4. The minimum atomic E-state index is -0.145. The Hall–Kier alpha value is -2.95. The number of hydrogen-bond acceptors (Lipinski definition) is 4. The van der Waals surface area contributed by atoms with Crippen molar-refractivity contribution in [3.63, 3.8) is 0 Å². The second kappa shape index (κ2) is 5.81. The normalized spacial score (nSPS) is 10.5. The van der Waals surface area contributed by atoms with E-state index < -0.39 is 0 Å². The lowest BCUT2D eigenvalue weighted by molar-refractivity contribution is 1.07. The van der Waals surface area contributed by atoms with E-state index in [4.69, 9.17) is 0 Å². The first-order valence-electron chi connectivity index (χ1n) is 6.99. The maximum absolute atomic E-state index is 11.5. The van der Waals surface area contributed by atoms with Crippen LogP contribution >= 0.6 is 0 Å². The summed E-state index contributed by atoms with van der Waals surface area (Å²) in [5.74, 6) is 1.38. The van der Waals surface area contributed by atoms with Crippen LogP contribution in [0.15, 0.2) is 53.3 Å². The maximum Gasteiger partial charge on any atom is 0.251 e. The van der Waals surface area contributed by atoms with Crippen molar-refractivity contribution in [1.29, 1.82) is 0 Å². The largest absolute Gasteiger partial charge is 0.340 e. The van der Waals surface area contributed by atoms with E-state index in [-0.39, 0.29) is 5.56 Å². The van der Waals surface area contributed by atoms with Gasteiger partial charge in [0.05, 0.1) is 0 Å². The number of nitrogens with zero attached hydrogens (tertiary/aromatic N) is 2. The van der Waals surface area contributed by atoms with Crippen molar-refractivity contribution in [3.8, 4) is 11.4 Å². The number of H-pyrrole nitrogens is 1. The van der Waals surface area contributed by atoms with E-state index in [0.717, 1.165) is 22.8 Å². The van der Waals surface area contributed by atoms with Crippen LogP contribution in [0.4, 0.5) is 11.5 Å². The molecule has 0 atom stereocenters. The van der Waals surface area contributed by atoms with Crippen LogP contribution in [-0.2, 0) is 0 Å². The highest BCUT2D eigenvalue weighted by Crippen LogP contribution is 2.20. The summed E-state index contributed by atoms with van der Waals surface area (Å²) in [5.41, 5.74) is 3.31. The first kappa shape index (κ1) is 14.0. The molecule has 5 heteroatoms. The summed E-state index contributed by atoms with van der Waals surface area (Å²) in [6, 6.07) is 15.0. The zero-order chi connectivity index (χ0) is 15.5. The van der Waals surface area contributed by atoms with Gasteiger partial charge in [-0.3, -0.25) is 4.79 Å². The molecule has 0 aliphatic rings. The third-order valence-corrected chi connectivity index (χ3v) is 3.19. The standard InChI is InChI=1S/C17H16N4O/c1-11-4-3-5-15(18-11)20-14-8-6-13(7-9-14)17-19-12(2)10-16(22)21-17/h3-10H,1-2H3,(H,18,20)(H,19,21,22). The highest BCUT2D eigenvalue weighted by Gasteiger charge is 2.03. The van der Waals surface area contributed by atoms with Gasteiger partial charge in [-0.15, -0.1) is 0 Å². The van der Waals surface area contributed by atoms with Gasteiger partial charge in [-0.05, 0) is 50.2 Å². The van der Waals surface area contributed by atoms with Gasteiger partial charge in [-0.1, -0.05) is 6.07 Å².